The van der Waals surface area contributed by atoms with Gasteiger partial charge >= 0.3 is 0 Å². The minimum absolute atomic E-state index is 0.292. The van der Waals surface area contributed by atoms with Crippen molar-refractivity contribution in [3.8, 4) is 5.75 Å². The molecule has 0 saturated heterocycles. The lowest BCUT2D eigenvalue weighted by Gasteiger charge is -2.24. The average Bonchev–Trinajstić information content (AvgIpc) is 3.23. The van der Waals surface area contributed by atoms with Crippen molar-refractivity contribution >= 4 is 9.84 Å². The summed E-state index contributed by atoms with van der Waals surface area (Å²) in [7, 11) is -3.31. The maximum absolute atomic E-state index is 12.4. The van der Waals surface area contributed by atoms with Gasteiger partial charge in [-0.1, -0.05) is 36.2 Å². The van der Waals surface area contributed by atoms with Crippen LogP contribution in [0.4, 0.5) is 0 Å². The van der Waals surface area contributed by atoms with Gasteiger partial charge in [0.25, 0.3) is 5.89 Å². The van der Waals surface area contributed by atoms with Crippen LogP contribution in [0.25, 0.3) is 0 Å². The number of aryl methyl sites for hydroxylation is 1. The highest BCUT2D eigenvalue weighted by molar-refractivity contribution is 7.91. The second-order valence-corrected chi connectivity index (χ2v) is 9.01. The second-order valence-electron chi connectivity index (χ2n) is 6.68. The zero-order valence-electron chi connectivity index (χ0n) is 13.6. The smallest absolute Gasteiger partial charge is 0.267 e. The standard InChI is InChI=1S/C17H20N2O4S/c1-24(20,21)17(10-4-5-11-17)16-18-15(23-19-16)14-9-8-12-6-2-3-7-13(12)22-14/h2-3,6-7,14H,4-5,8-11H2,1H3/t14-/m0/s1. The molecule has 0 N–H and O–H groups in total. The summed E-state index contributed by atoms with van der Waals surface area (Å²) in [6.45, 7) is 0. The highest BCUT2D eigenvalue weighted by Gasteiger charge is 2.49. The Labute approximate surface area is 141 Å². The first kappa shape index (κ1) is 15.6. The number of hydrogen-bond acceptors (Lipinski definition) is 6. The van der Waals surface area contributed by atoms with Crippen molar-refractivity contribution in [3.63, 3.8) is 0 Å². The Bertz CT molecular complexity index is 853. The maximum atomic E-state index is 12.4. The fourth-order valence-electron chi connectivity index (χ4n) is 3.76. The van der Waals surface area contributed by atoms with E-state index in [1.165, 1.54) is 6.26 Å². The van der Waals surface area contributed by atoms with Gasteiger partial charge in [0.15, 0.2) is 21.8 Å². The van der Waals surface area contributed by atoms with Gasteiger partial charge in [-0.05, 0) is 37.3 Å². The Morgan fingerprint density at radius 1 is 1.21 bits per heavy atom. The van der Waals surface area contributed by atoms with E-state index in [0.717, 1.165) is 37.0 Å². The normalized spacial score (nSPS) is 22.8. The Hall–Kier alpha value is -1.89. The van der Waals surface area contributed by atoms with Gasteiger partial charge in [-0.15, -0.1) is 0 Å². The minimum Gasteiger partial charge on any atom is -0.480 e. The monoisotopic (exact) mass is 348 g/mol. The summed E-state index contributed by atoms with van der Waals surface area (Å²) in [5.74, 6) is 1.49. The lowest BCUT2D eigenvalue weighted by atomic mass is 10.0. The van der Waals surface area contributed by atoms with Crippen LogP contribution in [0.1, 0.15) is 55.5 Å². The van der Waals surface area contributed by atoms with E-state index in [4.69, 9.17) is 9.26 Å². The Balaban J connectivity index is 1.64. The number of hydrogen-bond donors (Lipinski definition) is 0. The first-order chi connectivity index (χ1) is 11.5. The SMILES string of the molecule is CS(=O)(=O)C1(c2noc([C@@H]3CCc4ccccc4O3)n2)CCCC1. The molecule has 1 aromatic carbocycles. The Kier molecular flexibility index (Phi) is 3.63. The number of benzene rings is 1. The number of rotatable bonds is 3. The van der Waals surface area contributed by atoms with E-state index in [0.29, 0.717) is 24.6 Å². The van der Waals surface area contributed by atoms with E-state index in [2.05, 4.69) is 10.1 Å². The highest BCUT2D eigenvalue weighted by atomic mass is 32.2. The van der Waals surface area contributed by atoms with Gasteiger partial charge in [0.05, 0.1) is 0 Å². The molecule has 2 aliphatic rings. The van der Waals surface area contributed by atoms with Crippen molar-refractivity contribution in [2.75, 3.05) is 6.26 Å². The van der Waals surface area contributed by atoms with E-state index >= 15 is 0 Å². The van der Waals surface area contributed by atoms with Crippen LogP contribution in [0.5, 0.6) is 5.75 Å². The van der Waals surface area contributed by atoms with Gasteiger partial charge in [0.1, 0.15) is 10.5 Å². The van der Waals surface area contributed by atoms with Crippen LogP contribution in [0.3, 0.4) is 0 Å². The van der Waals surface area contributed by atoms with Gasteiger partial charge in [-0.2, -0.15) is 4.98 Å². The lowest BCUT2D eigenvalue weighted by Crippen LogP contribution is -2.33. The van der Waals surface area contributed by atoms with Crippen LogP contribution in [-0.2, 0) is 21.0 Å². The molecule has 1 aromatic heterocycles. The molecule has 0 unspecified atom stereocenters. The van der Waals surface area contributed by atoms with Crippen LogP contribution in [0, 0.1) is 0 Å². The number of fused-ring (bicyclic) bond motifs is 1. The molecule has 1 saturated carbocycles. The van der Waals surface area contributed by atoms with Gasteiger partial charge in [-0.3, -0.25) is 0 Å². The van der Waals surface area contributed by atoms with E-state index in [9.17, 15) is 8.42 Å². The summed E-state index contributed by atoms with van der Waals surface area (Å²) in [5.41, 5.74) is 1.16. The predicted molar refractivity (Wildman–Crippen MR) is 87.4 cm³/mol. The quantitative estimate of drug-likeness (QED) is 0.848. The van der Waals surface area contributed by atoms with Gasteiger partial charge in [0.2, 0.25) is 0 Å². The molecule has 128 valence electrons. The average molecular weight is 348 g/mol. The van der Waals surface area contributed by atoms with Crippen LogP contribution < -0.4 is 4.74 Å². The van der Waals surface area contributed by atoms with Crippen LogP contribution in [0.2, 0.25) is 0 Å². The largest absolute Gasteiger partial charge is 0.480 e. The third-order valence-corrected chi connectivity index (χ3v) is 7.17. The van der Waals surface area contributed by atoms with Crippen molar-refractivity contribution in [1.82, 2.24) is 10.1 Å². The van der Waals surface area contributed by atoms with Crippen molar-refractivity contribution in [3.05, 3.63) is 41.5 Å². The first-order valence-corrected chi connectivity index (χ1v) is 10.2. The van der Waals surface area contributed by atoms with E-state index in [-0.39, 0.29) is 6.10 Å². The van der Waals surface area contributed by atoms with Crippen molar-refractivity contribution in [2.24, 2.45) is 0 Å². The molecule has 0 bridgehead atoms. The summed E-state index contributed by atoms with van der Waals surface area (Å²) in [6.07, 6.45) is 5.40. The zero-order chi connectivity index (χ0) is 16.8. The molecule has 0 radical (unpaired) electrons. The van der Waals surface area contributed by atoms with Crippen molar-refractivity contribution < 1.29 is 17.7 Å². The maximum Gasteiger partial charge on any atom is 0.267 e. The molecule has 1 fully saturated rings. The lowest BCUT2D eigenvalue weighted by molar-refractivity contribution is 0.135. The molecule has 24 heavy (non-hydrogen) atoms. The zero-order valence-corrected chi connectivity index (χ0v) is 14.4. The molecule has 1 atom stereocenters. The summed E-state index contributed by atoms with van der Waals surface area (Å²) < 4.78 is 35.1. The van der Waals surface area contributed by atoms with Crippen LogP contribution >= 0.6 is 0 Å². The Morgan fingerprint density at radius 2 is 1.96 bits per heavy atom. The third kappa shape index (κ3) is 2.42. The van der Waals surface area contributed by atoms with Crippen LogP contribution in [0.15, 0.2) is 28.8 Å². The molecular formula is C17H20N2O4S. The van der Waals surface area contributed by atoms with Gasteiger partial charge in [0, 0.05) is 6.26 Å². The van der Waals surface area contributed by atoms with Gasteiger partial charge < -0.3 is 9.26 Å². The fraction of sp³-hybridized carbons (Fsp3) is 0.529. The molecule has 0 amide bonds. The van der Waals surface area contributed by atoms with E-state index < -0.39 is 14.6 Å². The van der Waals surface area contributed by atoms with E-state index in [1.807, 2.05) is 24.3 Å². The molecule has 2 heterocycles. The number of sulfone groups is 1. The molecule has 7 heteroatoms. The number of nitrogens with zero attached hydrogens (tertiary/aromatic N) is 2. The molecule has 1 aliphatic heterocycles. The second kappa shape index (κ2) is 5.58. The molecule has 0 spiro atoms. The number of ether oxygens (including phenoxy) is 1. The molecule has 2 aromatic rings. The van der Waals surface area contributed by atoms with Crippen molar-refractivity contribution in [1.29, 1.82) is 0 Å². The highest BCUT2D eigenvalue weighted by Crippen LogP contribution is 2.44. The van der Waals surface area contributed by atoms with Crippen LogP contribution in [-0.4, -0.2) is 24.8 Å². The Morgan fingerprint density at radius 3 is 2.71 bits per heavy atom. The topological polar surface area (TPSA) is 82.3 Å². The summed E-state index contributed by atoms with van der Waals surface area (Å²) in [6, 6.07) is 7.89. The van der Waals surface area contributed by atoms with Gasteiger partial charge in [-0.25, -0.2) is 8.42 Å². The predicted octanol–water partition coefficient (Wildman–Crippen LogP) is 2.95. The number of para-hydroxylation sites is 1. The fourth-order valence-corrected chi connectivity index (χ4v) is 5.20. The molecule has 4 rings (SSSR count). The molecular weight excluding hydrogens is 328 g/mol. The summed E-state index contributed by atoms with van der Waals surface area (Å²) >= 11 is 0. The summed E-state index contributed by atoms with van der Waals surface area (Å²) in [5, 5.41) is 4.02. The molecule has 6 nitrogen and oxygen atoms in total. The van der Waals surface area contributed by atoms with E-state index in [1.54, 1.807) is 0 Å². The first-order valence-electron chi connectivity index (χ1n) is 8.28. The number of aromatic nitrogens is 2. The third-order valence-electron chi connectivity index (χ3n) is 5.16. The minimum atomic E-state index is -3.31. The summed E-state index contributed by atoms with van der Waals surface area (Å²) in [4.78, 5) is 4.45. The molecule has 1 aliphatic carbocycles. The van der Waals surface area contributed by atoms with Crippen molar-refractivity contribution in [2.45, 2.75) is 49.4 Å².